The van der Waals surface area contributed by atoms with Crippen molar-refractivity contribution in [2.75, 3.05) is 12.0 Å². The number of nitrogens with one attached hydrogen (secondary N) is 3. The number of carbonyl (C=O) groups excluding carboxylic acids is 4. The van der Waals surface area contributed by atoms with Crippen LogP contribution in [0, 0.1) is 11.8 Å². The molecule has 6 unspecified atom stereocenters. The monoisotopic (exact) mass is 503 g/mol. The quantitative estimate of drug-likeness (QED) is 0.159. The highest BCUT2D eigenvalue weighted by Crippen LogP contribution is 2.13. The van der Waals surface area contributed by atoms with Gasteiger partial charge >= 0.3 is 5.97 Å². The van der Waals surface area contributed by atoms with Gasteiger partial charge in [-0.2, -0.15) is 11.8 Å². The Morgan fingerprint density at radius 1 is 0.853 bits per heavy atom. The molecule has 0 aromatic carbocycles. The van der Waals surface area contributed by atoms with E-state index in [9.17, 15) is 29.1 Å². The second-order valence-corrected chi connectivity index (χ2v) is 9.52. The topological polar surface area (TPSA) is 194 Å². The summed E-state index contributed by atoms with van der Waals surface area (Å²) in [7, 11) is 0. The smallest absolute Gasteiger partial charge is 0.326 e. The average molecular weight is 504 g/mol. The Morgan fingerprint density at radius 2 is 1.32 bits per heavy atom. The van der Waals surface area contributed by atoms with E-state index in [4.69, 9.17) is 11.5 Å². The molecule has 0 aromatic rings. The van der Waals surface area contributed by atoms with E-state index < -0.39 is 53.8 Å². The third-order valence-electron chi connectivity index (χ3n) is 5.85. The second-order valence-electron chi connectivity index (χ2n) is 8.54. The summed E-state index contributed by atoms with van der Waals surface area (Å²) in [5.41, 5.74) is 10.9. The largest absolute Gasteiger partial charge is 0.480 e. The van der Waals surface area contributed by atoms with Crippen LogP contribution in [0.4, 0.5) is 0 Å². The second kappa shape index (κ2) is 16.3. The lowest BCUT2D eigenvalue weighted by Gasteiger charge is -2.30. The third-order valence-corrected chi connectivity index (χ3v) is 6.49. The molecule has 4 amide bonds. The third kappa shape index (κ3) is 11.2. The Bertz CT molecular complexity index is 707. The van der Waals surface area contributed by atoms with Gasteiger partial charge in [0.1, 0.15) is 18.1 Å². The molecule has 0 aliphatic heterocycles. The maximum Gasteiger partial charge on any atom is 0.326 e. The van der Waals surface area contributed by atoms with Crippen LogP contribution in [-0.4, -0.2) is 70.9 Å². The predicted octanol–water partition coefficient (Wildman–Crippen LogP) is -0.0365. The van der Waals surface area contributed by atoms with Crippen LogP contribution in [0.25, 0.3) is 0 Å². The van der Waals surface area contributed by atoms with E-state index in [-0.39, 0.29) is 31.1 Å². The van der Waals surface area contributed by atoms with E-state index in [1.54, 1.807) is 13.8 Å². The van der Waals surface area contributed by atoms with Crippen molar-refractivity contribution in [1.29, 1.82) is 0 Å². The average Bonchev–Trinajstić information content (AvgIpc) is 2.79. The van der Waals surface area contributed by atoms with Crippen LogP contribution in [-0.2, 0) is 24.0 Å². The zero-order valence-corrected chi connectivity index (χ0v) is 21.6. The van der Waals surface area contributed by atoms with E-state index in [0.717, 1.165) is 0 Å². The number of carboxylic acids is 1. The van der Waals surface area contributed by atoms with E-state index in [1.807, 2.05) is 20.1 Å². The first-order valence-electron chi connectivity index (χ1n) is 11.6. The standard InChI is InChI=1S/C22H41N5O6S/c1-6-12(3)17(20(30)25-15(22(32)33)10-11-34-5)27-21(31)18(13(4)7-2)26-19(29)14(23)8-9-16(24)28/h12-15,17-18H,6-11,23H2,1-5H3,(H2,24,28)(H,25,30)(H,26,29)(H,27,31)(H,32,33). The number of rotatable bonds is 17. The number of aliphatic carboxylic acids is 1. The Labute approximate surface area is 205 Å². The first-order valence-corrected chi connectivity index (χ1v) is 12.9. The minimum Gasteiger partial charge on any atom is -0.480 e. The van der Waals surface area contributed by atoms with Crippen molar-refractivity contribution in [2.24, 2.45) is 23.3 Å². The minimum atomic E-state index is -1.15. The van der Waals surface area contributed by atoms with Gasteiger partial charge in [-0.25, -0.2) is 4.79 Å². The molecule has 0 heterocycles. The number of carboxylic acid groups (broad SMARTS) is 1. The van der Waals surface area contributed by atoms with Crippen LogP contribution in [0.5, 0.6) is 0 Å². The van der Waals surface area contributed by atoms with Gasteiger partial charge in [-0.05, 0) is 36.7 Å². The van der Waals surface area contributed by atoms with Gasteiger partial charge in [0.25, 0.3) is 0 Å². The van der Waals surface area contributed by atoms with Crippen LogP contribution >= 0.6 is 11.8 Å². The lowest BCUT2D eigenvalue weighted by Crippen LogP contribution is -2.60. The fourth-order valence-corrected chi connectivity index (χ4v) is 3.56. The molecule has 0 aliphatic carbocycles. The molecule has 0 bridgehead atoms. The first kappa shape index (κ1) is 31.7. The molecule has 0 radical (unpaired) electrons. The maximum atomic E-state index is 13.2. The fourth-order valence-electron chi connectivity index (χ4n) is 3.09. The summed E-state index contributed by atoms with van der Waals surface area (Å²) in [6.07, 6.45) is 3.18. The van der Waals surface area contributed by atoms with Gasteiger partial charge in [0.15, 0.2) is 0 Å². The van der Waals surface area contributed by atoms with Gasteiger partial charge in [0.2, 0.25) is 23.6 Å². The van der Waals surface area contributed by atoms with Crippen molar-refractivity contribution >= 4 is 41.4 Å². The predicted molar refractivity (Wildman–Crippen MR) is 132 cm³/mol. The molecule has 0 fully saturated rings. The van der Waals surface area contributed by atoms with Crippen molar-refractivity contribution < 1.29 is 29.1 Å². The SMILES string of the molecule is CCC(C)C(NC(=O)C(N)CCC(N)=O)C(=O)NC(C(=O)NC(CCSC)C(=O)O)C(C)CC. The zero-order chi connectivity index (χ0) is 26.4. The van der Waals surface area contributed by atoms with Gasteiger partial charge in [0.05, 0.1) is 6.04 Å². The van der Waals surface area contributed by atoms with E-state index in [0.29, 0.717) is 18.6 Å². The lowest BCUT2D eigenvalue weighted by atomic mass is 9.94. The van der Waals surface area contributed by atoms with Crippen molar-refractivity contribution in [3.63, 3.8) is 0 Å². The molecule has 11 nitrogen and oxygen atoms in total. The number of nitrogens with two attached hydrogens (primary N) is 2. The molecule has 12 heteroatoms. The first-order chi connectivity index (χ1) is 15.9. The molecule has 6 atom stereocenters. The summed E-state index contributed by atoms with van der Waals surface area (Å²) in [6.45, 7) is 7.26. The number of hydrogen-bond acceptors (Lipinski definition) is 7. The van der Waals surface area contributed by atoms with Gasteiger partial charge in [-0.1, -0.05) is 40.5 Å². The molecule has 0 saturated heterocycles. The number of carbonyl (C=O) groups is 5. The number of thioether (sulfide) groups is 1. The van der Waals surface area contributed by atoms with Gasteiger partial charge in [-0.15, -0.1) is 0 Å². The molecule has 0 saturated carbocycles. The normalized spacial score (nSPS) is 16.3. The van der Waals surface area contributed by atoms with Crippen LogP contribution in [0.1, 0.15) is 59.8 Å². The van der Waals surface area contributed by atoms with Crippen molar-refractivity contribution in [3.05, 3.63) is 0 Å². The van der Waals surface area contributed by atoms with Gasteiger partial charge < -0.3 is 32.5 Å². The Morgan fingerprint density at radius 3 is 1.74 bits per heavy atom. The van der Waals surface area contributed by atoms with Crippen molar-refractivity contribution in [2.45, 2.75) is 84.0 Å². The maximum absolute atomic E-state index is 13.2. The molecule has 0 rings (SSSR count). The molecule has 0 spiro atoms. The molecular formula is C22H41N5O6S. The van der Waals surface area contributed by atoms with E-state index in [2.05, 4.69) is 16.0 Å². The van der Waals surface area contributed by atoms with E-state index >= 15 is 0 Å². The summed E-state index contributed by atoms with van der Waals surface area (Å²) in [5, 5.41) is 17.3. The van der Waals surface area contributed by atoms with Crippen LogP contribution < -0.4 is 27.4 Å². The highest BCUT2D eigenvalue weighted by Gasteiger charge is 2.34. The number of hydrogen-bond donors (Lipinski definition) is 6. The molecule has 34 heavy (non-hydrogen) atoms. The summed E-state index contributed by atoms with van der Waals surface area (Å²) >= 11 is 1.47. The molecule has 8 N–H and O–H groups in total. The molecule has 0 aliphatic rings. The lowest BCUT2D eigenvalue weighted by molar-refractivity contribution is -0.142. The highest BCUT2D eigenvalue weighted by molar-refractivity contribution is 7.98. The van der Waals surface area contributed by atoms with E-state index in [1.165, 1.54) is 11.8 Å². The number of amides is 4. The van der Waals surface area contributed by atoms with Crippen molar-refractivity contribution in [1.82, 2.24) is 16.0 Å². The molecule has 0 aromatic heterocycles. The van der Waals surface area contributed by atoms with Crippen LogP contribution in [0.3, 0.4) is 0 Å². The fraction of sp³-hybridized carbons (Fsp3) is 0.773. The molecular weight excluding hydrogens is 462 g/mol. The summed E-state index contributed by atoms with van der Waals surface area (Å²) in [6, 6.07) is -4.05. The molecule has 196 valence electrons. The Balaban J connectivity index is 5.54. The van der Waals surface area contributed by atoms with Gasteiger partial charge in [0, 0.05) is 6.42 Å². The van der Waals surface area contributed by atoms with Gasteiger partial charge in [-0.3, -0.25) is 19.2 Å². The van der Waals surface area contributed by atoms with Crippen LogP contribution in [0.15, 0.2) is 0 Å². The Hall–Kier alpha value is -2.34. The minimum absolute atomic E-state index is 0.0422. The summed E-state index contributed by atoms with van der Waals surface area (Å²) in [4.78, 5) is 61.1. The van der Waals surface area contributed by atoms with Crippen molar-refractivity contribution in [3.8, 4) is 0 Å². The summed E-state index contributed by atoms with van der Waals surface area (Å²) in [5.74, 6) is -3.51. The van der Waals surface area contributed by atoms with Crippen LogP contribution in [0.2, 0.25) is 0 Å². The zero-order valence-electron chi connectivity index (χ0n) is 20.8. The highest BCUT2D eigenvalue weighted by atomic mass is 32.2. The Kier molecular flexibility index (Phi) is 15.2. The summed E-state index contributed by atoms with van der Waals surface area (Å²) < 4.78 is 0. The number of primary amides is 1.